The first-order valence-corrected chi connectivity index (χ1v) is 8.02. The maximum Gasteiger partial charge on any atom is 0.241 e. The minimum Gasteiger partial charge on any atom is -0.322 e. The van der Waals surface area contributed by atoms with Gasteiger partial charge in [-0.25, -0.2) is 4.39 Å². The van der Waals surface area contributed by atoms with Gasteiger partial charge in [-0.15, -0.1) is 0 Å². The number of amides is 1. The number of nitrogens with one attached hydrogen (secondary N) is 2. The van der Waals surface area contributed by atoms with Crippen LogP contribution in [0.1, 0.15) is 30.5 Å². The number of fused-ring (bicyclic) bond motifs is 1. The van der Waals surface area contributed by atoms with E-state index in [1.165, 1.54) is 23.3 Å². The highest BCUT2D eigenvalue weighted by Gasteiger charge is 2.25. The molecule has 0 saturated heterocycles. The molecule has 120 valence electrons. The van der Waals surface area contributed by atoms with Crippen LogP contribution < -0.4 is 10.6 Å². The van der Waals surface area contributed by atoms with Gasteiger partial charge in [-0.05, 0) is 49.1 Å². The first kappa shape index (κ1) is 16.0. The molecule has 1 aliphatic carbocycles. The van der Waals surface area contributed by atoms with Gasteiger partial charge in [0.05, 0.1) is 11.7 Å². The zero-order valence-corrected chi connectivity index (χ0v) is 13.5. The summed E-state index contributed by atoms with van der Waals surface area (Å²) in [7, 11) is 0. The quantitative estimate of drug-likeness (QED) is 0.885. The molecule has 2 N–H and O–H groups in total. The fourth-order valence-electron chi connectivity index (χ4n) is 2.94. The van der Waals surface area contributed by atoms with Gasteiger partial charge in [-0.1, -0.05) is 35.9 Å². The SMILES string of the molecule is C[C@H](N[C@@H]1CCc2ccccc21)C(=O)Nc1ccc(Cl)cc1F. The minimum absolute atomic E-state index is 0.139. The van der Waals surface area contributed by atoms with Crippen LogP contribution in [0.15, 0.2) is 42.5 Å². The van der Waals surface area contributed by atoms with Gasteiger partial charge in [-0.2, -0.15) is 0 Å². The summed E-state index contributed by atoms with van der Waals surface area (Å²) in [6, 6.07) is 12.2. The lowest BCUT2D eigenvalue weighted by atomic mass is 10.1. The summed E-state index contributed by atoms with van der Waals surface area (Å²) in [5, 5.41) is 6.23. The van der Waals surface area contributed by atoms with Gasteiger partial charge >= 0.3 is 0 Å². The van der Waals surface area contributed by atoms with E-state index in [1.54, 1.807) is 13.0 Å². The molecule has 0 aromatic heterocycles. The molecule has 2 aromatic rings. The lowest BCUT2D eigenvalue weighted by Gasteiger charge is -2.20. The van der Waals surface area contributed by atoms with E-state index in [9.17, 15) is 9.18 Å². The summed E-state index contributed by atoms with van der Waals surface area (Å²) in [6.45, 7) is 1.78. The Kier molecular flexibility index (Phi) is 4.64. The van der Waals surface area contributed by atoms with Crippen LogP contribution in [0.3, 0.4) is 0 Å². The van der Waals surface area contributed by atoms with E-state index in [2.05, 4.69) is 22.8 Å². The van der Waals surface area contributed by atoms with Gasteiger partial charge < -0.3 is 5.32 Å². The van der Waals surface area contributed by atoms with E-state index in [1.807, 2.05) is 12.1 Å². The molecule has 0 bridgehead atoms. The van der Waals surface area contributed by atoms with Gasteiger partial charge in [-0.3, -0.25) is 10.1 Å². The zero-order valence-electron chi connectivity index (χ0n) is 12.8. The smallest absolute Gasteiger partial charge is 0.241 e. The Labute approximate surface area is 139 Å². The monoisotopic (exact) mass is 332 g/mol. The molecule has 0 fully saturated rings. The van der Waals surface area contributed by atoms with Crippen molar-refractivity contribution in [3.63, 3.8) is 0 Å². The standard InChI is InChI=1S/C18H18ClFN2O/c1-11(18(23)22-17-9-7-13(19)10-15(17)20)21-16-8-6-12-4-2-3-5-14(12)16/h2-5,7,9-11,16,21H,6,8H2,1H3,(H,22,23)/t11-,16+/m0/s1. The fourth-order valence-corrected chi connectivity index (χ4v) is 3.10. The Morgan fingerprint density at radius 3 is 2.87 bits per heavy atom. The Hall–Kier alpha value is -1.91. The third kappa shape index (κ3) is 3.54. The van der Waals surface area contributed by atoms with Crippen LogP contribution in [0.4, 0.5) is 10.1 Å². The maximum atomic E-state index is 13.8. The molecule has 2 atom stereocenters. The molecule has 0 radical (unpaired) electrons. The first-order chi connectivity index (χ1) is 11.0. The van der Waals surface area contributed by atoms with Gasteiger partial charge in [0.15, 0.2) is 0 Å². The third-order valence-electron chi connectivity index (χ3n) is 4.17. The second-order valence-corrected chi connectivity index (χ2v) is 6.23. The van der Waals surface area contributed by atoms with Crippen molar-refractivity contribution in [1.29, 1.82) is 0 Å². The molecule has 0 heterocycles. The average molecular weight is 333 g/mol. The third-order valence-corrected chi connectivity index (χ3v) is 4.40. The first-order valence-electron chi connectivity index (χ1n) is 7.64. The van der Waals surface area contributed by atoms with Crippen molar-refractivity contribution < 1.29 is 9.18 Å². The van der Waals surface area contributed by atoms with Gasteiger partial charge in [0.25, 0.3) is 0 Å². The average Bonchev–Trinajstić information content (AvgIpc) is 2.93. The van der Waals surface area contributed by atoms with Crippen molar-refractivity contribution in [2.75, 3.05) is 5.32 Å². The minimum atomic E-state index is -0.538. The number of benzene rings is 2. The summed E-state index contributed by atoms with van der Waals surface area (Å²) in [6.07, 6.45) is 1.97. The topological polar surface area (TPSA) is 41.1 Å². The van der Waals surface area contributed by atoms with E-state index in [0.717, 1.165) is 12.8 Å². The van der Waals surface area contributed by atoms with E-state index in [4.69, 9.17) is 11.6 Å². The van der Waals surface area contributed by atoms with Crippen LogP contribution in [0.2, 0.25) is 5.02 Å². The number of hydrogen-bond donors (Lipinski definition) is 2. The molecule has 3 nitrogen and oxygen atoms in total. The number of hydrogen-bond acceptors (Lipinski definition) is 2. The molecule has 23 heavy (non-hydrogen) atoms. The van der Waals surface area contributed by atoms with Crippen molar-refractivity contribution in [2.24, 2.45) is 0 Å². The molecule has 0 aliphatic heterocycles. The van der Waals surface area contributed by atoms with Gasteiger partial charge in [0, 0.05) is 11.1 Å². The number of halogens is 2. The van der Waals surface area contributed by atoms with Crippen molar-refractivity contribution in [2.45, 2.75) is 31.8 Å². The second-order valence-electron chi connectivity index (χ2n) is 5.79. The Bertz CT molecular complexity index is 735. The maximum absolute atomic E-state index is 13.8. The molecule has 2 aromatic carbocycles. The van der Waals surface area contributed by atoms with Crippen LogP contribution >= 0.6 is 11.6 Å². The van der Waals surface area contributed by atoms with Gasteiger partial charge in [0.2, 0.25) is 5.91 Å². The molecule has 0 unspecified atom stereocenters. The number of rotatable bonds is 4. The summed E-state index contributed by atoms with van der Waals surface area (Å²) >= 11 is 5.71. The number of anilines is 1. The summed E-state index contributed by atoms with van der Waals surface area (Å²) < 4.78 is 13.8. The lowest BCUT2D eigenvalue weighted by Crippen LogP contribution is -2.39. The predicted molar refractivity (Wildman–Crippen MR) is 90.1 cm³/mol. The number of carbonyl (C=O) groups excluding carboxylic acids is 1. The van der Waals surface area contributed by atoms with Crippen LogP contribution in [0, 0.1) is 5.82 Å². The highest BCUT2D eigenvalue weighted by Crippen LogP contribution is 2.31. The van der Waals surface area contributed by atoms with Crippen molar-refractivity contribution >= 4 is 23.2 Å². The Morgan fingerprint density at radius 1 is 1.30 bits per heavy atom. The summed E-state index contributed by atoms with van der Waals surface area (Å²) in [5.74, 6) is -0.806. The lowest BCUT2D eigenvalue weighted by molar-refractivity contribution is -0.118. The molecule has 1 amide bonds. The molecular weight excluding hydrogens is 315 g/mol. The summed E-state index contributed by atoms with van der Waals surface area (Å²) in [4.78, 5) is 12.3. The molecule has 5 heteroatoms. The zero-order chi connectivity index (χ0) is 16.4. The second kappa shape index (κ2) is 6.69. The van der Waals surface area contributed by atoms with E-state index < -0.39 is 11.9 Å². The van der Waals surface area contributed by atoms with Crippen LogP contribution in [-0.4, -0.2) is 11.9 Å². The predicted octanol–water partition coefficient (Wildman–Crippen LogP) is 4.08. The largest absolute Gasteiger partial charge is 0.322 e. The van der Waals surface area contributed by atoms with Crippen LogP contribution in [-0.2, 0) is 11.2 Å². The van der Waals surface area contributed by atoms with Crippen LogP contribution in [0.5, 0.6) is 0 Å². The molecule has 3 rings (SSSR count). The van der Waals surface area contributed by atoms with Crippen molar-refractivity contribution in [1.82, 2.24) is 5.32 Å². The molecule has 0 saturated carbocycles. The van der Waals surface area contributed by atoms with E-state index in [0.29, 0.717) is 5.02 Å². The molecule has 1 aliphatic rings. The number of carbonyl (C=O) groups is 1. The number of aryl methyl sites for hydroxylation is 1. The molecular formula is C18H18ClFN2O. The van der Waals surface area contributed by atoms with E-state index in [-0.39, 0.29) is 17.6 Å². The summed E-state index contributed by atoms with van der Waals surface area (Å²) in [5.41, 5.74) is 2.70. The van der Waals surface area contributed by atoms with E-state index >= 15 is 0 Å². The van der Waals surface area contributed by atoms with Crippen LogP contribution in [0.25, 0.3) is 0 Å². The fraction of sp³-hybridized carbons (Fsp3) is 0.278. The highest BCUT2D eigenvalue weighted by atomic mass is 35.5. The molecule has 0 spiro atoms. The normalized spacial score (nSPS) is 17.6. The Balaban J connectivity index is 1.64. The Morgan fingerprint density at radius 2 is 2.09 bits per heavy atom. The van der Waals surface area contributed by atoms with Crippen molar-refractivity contribution in [3.8, 4) is 0 Å². The van der Waals surface area contributed by atoms with Crippen molar-refractivity contribution in [3.05, 3.63) is 64.4 Å². The highest BCUT2D eigenvalue weighted by molar-refractivity contribution is 6.30. The van der Waals surface area contributed by atoms with Gasteiger partial charge in [0.1, 0.15) is 5.82 Å².